The van der Waals surface area contributed by atoms with Crippen molar-refractivity contribution in [2.75, 3.05) is 5.32 Å². The highest BCUT2D eigenvalue weighted by molar-refractivity contribution is 7.98. The van der Waals surface area contributed by atoms with Gasteiger partial charge in [-0.2, -0.15) is 16.9 Å². The number of amides is 1. The minimum absolute atomic E-state index is 0.0489. The number of nitrogens with zero attached hydrogens (tertiary/aromatic N) is 3. The van der Waals surface area contributed by atoms with E-state index in [0.29, 0.717) is 5.82 Å². The molecule has 0 fully saturated rings. The van der Waals surface area contributed by atoms with Crippen molar-refractivity contribution in [1.29, 1.82) is 0 Å². The monoisotopic (exact) mass is 414 g/mol. The first-order chi connectivity index (χ1) is 13.5. The molecule has 0 atom stereocenters. The molecule has 1 amide bonds. The number of thioether (sulfide) groups is 1. The van der Waals surface area contributed by atoms with Crippen LogP contribution in [-0.4, -0.2) is 20.6 Å². The summed E-state index contributed by atoms with van der Waals surface area (Å²) < 4.78 is 1.73. The van der Waals surface area contributed by atoms with Gasteiger partial charge < -0.3 is 5.32 Å². The fourth-order valence-corrected chi connectivity index (χ4v) is 4.33. The van der Waals surface area contributed by atoms with Crippen LogP contribution in [0.3, 0.4) is 0 Å². The van der Waals surface area contributed by atoms with E-state index in [1.807, 2.05) is 31.2 Å². The van der Waals surface area contributed by atoms with Gasteiger partial charge in [-0.3, -0.25) is 14.9 Å². The van der Waals surface area contributed by atoms with Gasteiger partial charge in [0.25, 0.3) is 11.6 Å². The second-order valence-electron chi connectivity index (χ2n) is 6.34. The molecule has 28 heavy (non-hydrogen) atoms. The zero-order chi connectivity index (χ0) is 19.8. The molecule has 0 saturated carbocycles. The van der Waals surface area contributed by atoms with E-state index in [0.717, 1.165) is 34.0 Å². The Balaban J connectivity index is 1.77. The van der Waals surface area contributed by atoms with Gasteiger partial charge in [0, 0.05) is 29.2 Å². The average molecular weight is 415 g/mol. The van der Waals surface area contributed by atoms with Crippen molar-refractivity contribution in [3.63, 3.8) is 0 Å². The molecule has 2 aromatic carbocycles. The van der Waals surface area contributed by atoms with Crippen LogP contribution in [0.4, 0.5) is 11.5 Å². The maximum atomic E-state index is 12.9. The third-order valence-corrected chi connectivity index (χ3v) is 5.83. The molecule has 2 heterocycles. The predicted octanol–water partition coefficient (Wildman–Crippen LogP) is 4.74. The Morgan fingerprint density at radius 1 is 1.29 bits per heavy atom. The number of nitro groups is 1. The van der Waals surface area contributed by atoms with Crippen LogP contribution in [-0.2, 0) is 11.5 Å². The molecular formula is C19H15ClN4O3S. The highest BCUT2D eigenvalue weighted by atomic mass is 35.5. The van der Waals surface area contributed by atoms with Gasteiger partial charge in [-0.15, -0.1) is 0 Å². The van der Waals surface area contributed by atoms with Crippen molar-refractivity contribution < 1.29 is 9.72 Å². The first-order valence-electron chi connectivity index (χ1n) is 8.45. The number of anilines is 1. The Hall–Kier alpha value is -2.84. The lowest BCUT2D eigenvalue weighted by molar-refractivity contribution is -0.384. The van der Waals surface area contributed by atoms with Crippen molar-refractivity contribution in [3.8, 4) is 5.69 Å². The summed E-state index contributed by atoms with van der Waals surface area (Å²) in [6, 6.07) is 11.6. The minimum Gasteiger partial charge on any atom is -0.306 e. The highest BCUT2D eigenvalue weighted by Gasteiger charge is 2.26. The van der Waals surface area contributed by atoms with E-state index in [2.05, 4.69) is 10.4 Å². The summed E-state index contributed by atoms with van der Waals surface area (Å²) in [7, 11) is 0. The molecular weight excluding hydrogens is 400 g/mol. The first kappa shape index (κ1) is 18.5. The molecule has 0 bridgehead atoms. The van der Waals surface area contributed by atoms with Crippen LogP contribution in [0.2, 0.25) is 5.02 Å². The maximum absolute atomic E-state index is 12.9. The molecule has 0 saturated heterocycles. The number of benzene rings is 2. The van der Waals surface area contributed by atoms with Gasteiger partial charge in [0.15, 0.2) is 0 Å². The van der Waals surface area contributed by atoms with Crippen molar-refractivity contribution in [2.45, 2.75) is 18.4 Å². The molecule has 1 aliphatic rings. The fraction of sp³-hybridized carbons (Fsp3) is 0.158. The van der Waals surface area contributed by atoms with Crippen molar-refractivity contribution >= 4 is 40.8 Å². The molecule has 3 aromatic rings. The summed E-state index contributed by atoms with van der Waals surface area (Å²) in [6.07, 6.45) is 0. The molecule has 0 unspecified atom stereocenters. The number of hydrogen-bond acceptors (Lipinski definition) is 5. The van der Waals surface area contributed by atoms with E-state index >= 15 is 0 Å². The summed E-state index contributed by atoms with van der Waals surface area (Å²) >= 11 is 7.85. The summed E-state index contributed by atoms with van der Waals surface area (Å²) in [6.45, 7) is 1.97. The fourth-order valence-electron chi connectivity index (χ4n) is 3.09. The van der Waals surface area contributed by atoms with Gasteiger partial charge in [0.1, 0.15) is 5.82 Å². The van der Waals surface area contributed by atoms with Crippen molar-refractivity contribution in [1.82, 2.24) is 9.78 Å². The second kappa shape index (κ2) is 7.29. The zero-order valence-corrected chi connectivity index (χ0v) is 16.4. The number of carbonyl (C=O) groups excluding carboxylic acids is 1. The largest absolute Gasteiger partial charge is 0.306 e. The van der Waals surface area contributed by atoms with Gasteiger partial charge in [0.2, 0.25) is 0 Å². The number of nitrogens with one attached hydrogen (secondary N) is 1. The van der Waals surface area contributed by atoms with E-state index < -0.39 is 10.8 Å². The number of halogens is 1. The normalized spacial score (nSPS) is 12.6. The number of nitro benzene ring substituents is 1. The summed E-state index contributed by atoms with van der Waals surface area (Å²) in [5.41, 5.74) is 3.62. The smallest absolute Gasteiger partial charge is 0.270 e. The Morgan fingerprint density at radius 3 is 2.82 bits per heavy atom. The zero-order valence-electron chi connectivity index (χ0n) is 14.8. The number of carbonyl (C=O) groups is 1. The van der Waals surface area contributed by atoms with Gasteiger partial charge in [-0.25, -0.2) is 4.68 Å². The minimum atomic E-state index is -0.557. The van der Waals surface area contributed by atoms with Gasteiger partial charge in [-0.1, -0.05) is 29.8 Å². The number of aryl methyl sites for hydroxylation is 1. The van der Waals surface area contributed by atoms with Crippen LogP contribution >= 0.6 is 23.4 Å². The second-order valence-corrected chi connectivity index (χ2v) is 7.73. The summed E-state index contributed by atoms with van der Waals surface area (Å²) in [5.74, 6) is 1.57. The number of fused-ring (bicyclic) bond motifs is 1. The molecule has 1 N–H and O–H groups in total. The van der Waals surface area contributed by atoms with E-state index in [1.165, 1.54) is 18.2 Å². The Labute approximate surface area is 169 Å². The number of aromatic nitrogens is 2. The number of non-ortho nitro benzene ring substituents is 1. The lowest BCUT2D eigenvalue weighted by Gasteiger charge is -2.13. The molecule has 4 rings (SSSR count). The quantitative estimate of drug-likeness (QED) is 0.491. The van der Waals surface area contributed by atoms with Crippen LogP contribution in [0.5, 0.6) is 0 Å². The molecule has 0 radical (unpaired) electrons. The lowest BCUT2D eigenvalue weighted by Crippen LogP contribution is -2.17. The van der Waals surface area contributed by atoms with E-state index in [9.17, 15) is 14.9 Å². The SMILES string of the molecule is Cc1ccccc1-n1nc2c(c1NC(=O)c1cc([N+](=O)[O-])ccc1Cl)CSC2. The van der Waals surface area contributed by atoms with Crippen LogP contribution in [0.1, 0.15) is 27.2 Å². The Kier molecular flexibility index (Phi) is 4.82. The van der Waals surface area contributed by atoms with Crippen LogP contribution in [0, 0.1) is 17.0 Å². The van der Waals surface area contributed by atoms with Crippen molar-refractivity contribution in [2.24, 2.45) is 0 Å². The highest BCUT2D eigenvalue weighted by Crippen LogP contribution is 2.37. The van der Waals surface area contributed by atoms with Gasteiger partial charge >= 0.3 is 0 Å². The van der Waals surface area contributed by atoms with Crippen LogP contribution in [0.15, 0.2) is 42.5 Å². The lowest BCUT2D eigenvalue weighted by atomic mass is 10.1. The molecule has 9 heteroatoms. The van der Waals surface area contributed by atoms with Crippen molar-refractivity contribution in [3.05, 3.63) is 80.0 Å². The molecule has 1 aliphatic heterocycles. The number of para-hydroxylation sites is 1. The average Bonchev–Trinajstić information content (AvgIpc) is 3.25. The first-order valence-corrected chi connectivity index (χ1v) is 9.99. The van der Waals surface area contributed by atoms with Gasteiger partial charge in [-0.05, 0) is 24.6 Å². The summed E-state index contributed by atoms with van der Waals surface area (Å²) in [4.78, 5) is 23.4. The van der Waals surface area contributed by atoms with E-state index in [4.69, 9.17) is 11.6 Å². The van der Waals surface area contributed by atoms with E-state index in [-0.39, 0.29) is 16.3 Å². The number of rotatable bonds is 4. The topological polar surface area (TPSA) is 90.1 Å². The van der Waals surface area contributed by atoms with E-state index in [1.54, 1.807) is 16.4 Å². The third-order valence-electron chi connectivity index (χ3n) is 4.53. The summed E-state index contributed by atoms with van der Waals surface area (Å²) in [5, 5.41) is 18.8. The van der Waals surface area contributed by atoms with Crippen LogP contribution < -0.4 is 5.32 Å². The van der Waals surface area contributed by atoms with Crippen LogP contribution in [0.25, 0.3) is 5.69 Å². The molecule has 1 aromatic heterocycles. The molecule has 0 aliphatic carbocycles. The maximum Gasteiger partial charge on any atom is 0.270 e. The standard InChI is InChI=1S/C19H15ClN4O3S/c1-11-4-2-3-5-17(11)23-18(14-9-28-10-16(14)22-23)21-19(25)13-8-12(24(26)27)6-7-15(13)20/h2-8H,9-10H2,1H3,(H,21,25). The Bertz CT molecular complexity index is 1110. The third kappa shape index (κ3) is 3.25. The Morgan fingerprint density at radius 2 is 2.07 bits per heavy atom. The molecule has 0 spiro atoms. The van der Waals surface area contributed by atoms with Gasteiger partial charge in [0.05, 0.1) is 26.9 Å². The molecule has 7 nitrogen and oxygen atoms in total. The number of hydrogen-bond donors (Lipinski definition) is 1. The molecule has 142 valence electrons. The predicted molar refractivity (Wildman–Crippen MR) is 109 cm³/mol.